The van der Waals surface area contributed by atoms with E-state index in [2.05, 4.69) is 43.4 Å². The van der Waals surface area contributed by atoms with E-state index in [1.54, 1.807) is 11.8 Å². The number of hydrogen-bond donors (Lipinski definition) is 0. The number of thioether (sulfide) groups is 1. The maximum Gasteiger partial charge on any atom is 0.0627 e. The molecule has 0 bridgehead atoms. The van der Waals surface area contributed by atoms with Gasteiger partial charge in [0.1, 0.15) is 0 Å². The van der Waals surface area contributed by atoms with Crippen LogP contribution in [0.4, 0.5) is 0 Å². The van der Waals surface area contributed by atoms with Gasteiger partial charge in [0.15, 0.2) is 0 Å². The Labute approximate surface area is 135 Å². The van der Waals surface area contributed by atoms with Crippen LogP contribution in [0, 0.1) is 16.7 Å². The van der Waals surface area contributed by atoms with Crippen LogP contribution in [0.2, 0.25) is 0 Å². The lowest BCUT2D eigenvalue weighted by Crippen LogP contribution is -2.39. The molecule has 3 heteroatoms. The lowest BCUT2D eigenvalue weighted by molar-refractivity contribution is 0.130. The van der Waals surface area contributed by atoms with Crippen LogP contribution in [0.15, 0.2) is 35.8 Å². The maximum absolute atomic E-state index is 8.85. The first-order valence-electron chi connectivity index (χ1n) is 7.68. The smallest absolute Gasteiger partial charge is 0.0627 e. The van der Waals surface area contributed by atoms with Crippen molar-refractivity contribution >= 4 is 11.8 Å². The average molecular weight is 307 g/mol. The van der Waals surface area contributed by atoms with Crippen molar-refractivity contribution in [2.45, 2.75) is 40.0 Å². The van der Waals surface area contributed by atoms with Crippen molar-refractivity contribution < 1.29 is 0 Å². The van der Waals surface area contributed by atoms with E-state index in [-0.39, 0.29) is 5.41 Å². The molecule has 1 heterocycles. The molecule has 1 fully saturated rings. The number of nitriles is 1. The molecule has 1 saturated heterocycles. The van der Waals surface area contributed by atoms with E-state index < -0.39 is 0 Å². The van der Waals surface area contributed by atoms with Crippen LogP contribution < -0.4 is 0 Å². The predicted octanol–water partition coefficient (Wildman–Crippen LogP) is 5.02. The lowest BCUT2D eigenvalue weighted by atomic mass is 9.78. The molecule has 2 nitrogen and oxygen atoms in total. The van der Waals surface area contributed by atoms with E-state index in [0.29, 0.717) is 6.42 Å². The predicted molar refractivity (Wildman–Crippen MR) is 96.3 cm³/mol. The first-order chi connectivity index (χ1) is 10.0. The molecule has 21 heavy (non-hydrogen) atoms. The van der Waals surface area contributed by atoms with Crippen molar-refractivity contribution in [2.24, 2.45) is 5.41 Å². The van der Waals surface area contributed by atoms with Gasteiger partial charge in [0.2, 0.25) is 0 Å². The standard InChI is InChI=1S/C16H24N2S.C2H6/c1-5-15(19-4)12-14(2)13-18-10-7-16(3,6-9-17)8-11-18;1-2/h5,12H,1-2,6-8,10-11,13H2,3-4H3;1-2H3/b15-12+;. The van der Waals surface area contributed by atoms with E-state index in [4.69, 9.17) is 5.26 Å². The van der Waals surface area contributed by atoms with Crippen molar-refractivity contribution in [1.82, 2.24) is 4.90 Å². The van der Waals surface area contributed by atoms with E-state index in [0.717, 1.165) is 43.0 Å². The summed E-state index contributed by atoms with van der Waals surface area (Å²) in [7, 11) is 0. The zero-order chi connectivity index (χ0) is 16.3. The minimum Gasteiger partial charge on any atom is -0.299 e. The second-order valence-electron chi connectivity index (χ2n) is 5.53. The summed E-state index contributed by atoms with van der Waals surface area (Å²) in [4.78, 5) is 3.59. The Morgan fingerprint density at radius 3 is 2.38 bits per heavy atom. The molecule has 0 aliphatic carbocycles. The van der Waals surface area contributed by atoms with Crippen LogP contribution in [0.3, 0.4) is 0 Å². The minimum atomic E-state index is 0.216. The van der Waals surface area contributed by atoms with Gasteiger partial charge in [-0.25, -0.2) is 0 Å². The third-order valence-electron chi connectivity index (χ3n) is 3.78. The van der Waals surface area contributed by atoms with Gasteiger partial charge in [-0.05, 0) is 49.3 Å². The van der Waals surface area contributed by atoms with Crippen LogP contribution in [0.5, 0.6) is 0 Å². The van der Waals surface area contributed by atoms with Gasteiger partial charge in [-0.1, -0.05) is 40.0 Å². The number of hydrogen-bond acceptors (Lipinski definition) is 3. The van der Waals surface area contributed by atoms with Gasteiger partial charge in [-0.15, -0.1) is 11.8 Å². The maximum atomic E-state index is 8.85. The Kier molecular flexibility index (Phi) is 10.2. The summed E-state index contributed by atoms with van der Waals surface area (Å²) in [5.74, 6) is 0. The third kappa shape index (κ3) is 7.55. The third-order valence-corrected chi connectivity index (χ3v) is 4.53. The van der Waals surface area contributed by atoms with Crippen LogP contribution in [0.25, 0.3) is 0 Å². The molecule has 118 valence electrons. The molecule has 0 saturated carbocycles. The molecule has 0 amide bonds. The SMILES string of the molecule is C=C/C(=C\C(=C)CN1CCC(C)(CC#N)CC1)SC.CC. The Hall–Kier alpha value is -0.980. The molecule has 0 aromatic rings. The summed E-state index contributed by atoms with van der Waals surface area (Å²) in [5.41, 5.74) is 1.35. The Bertz CT molecular complexity index is 396. The molecule has 0 aromatic carbocycles. The molecule has 1 aliphatic rings. The van der Waals surface area contributed by atoms with Crippen LogP contribution in [0.1, 0.15) is 40.0 Å². The van der Waals surface area contributed by atoms with Gasteiger partial charge in [0, 0.05) is 17.9 Å². The van der Waals surface area contributed by atoms with E-state index in [1.165, 1.54) is 0 Å². The summed E-state index contributed by atoms with van der Waals surface area (Å²) in [6, 6.07) is 2.32. The fourth-order valence-corrected chi connectivity index (χ4v) is 2.81. The first-order valence-corrected chi connectivity index (χ1v) is 8.91. The molecule has 1 aliphatic heterocycles. The molecule has 0 radical (unpaired) electrons. The van der Waals surface area contributed by atoms with Gasteiger partial charge in [0.05, 0.1) is 6.07 Å². The quantitative estimate of drug-likeness (QED) is 0.645. The molecular weight excluding hydrogens is 276 g/mol. The molecule has 0 N–H and O–H groups in total. The Balaban J connectivity index is 0.00000191. The van der Waals surface area contributed by atoms with E-state index >= 15 is 0 Å². The number of piperidine rings is 1. The molecular formula is C18H30N2S. The molecule has 0 spiro atoms. The fraction of sp³-hybridized carbons (Fsp3) is 0.611. The highest BCUT2D eigenvalue weighted by atomic mass is 32.2. The highest BCUT2D eigenvalue weighted by Crippen LogP contribution is 2.34. The molecule has 0 atom stereocenters. The second kappa shape index (κ2) is 10.7. The van der Waals surface area contributed by atoms with Gasteiger partial charge in [-0.2, -0.15) is 5.26 Å². The van der Waals surface area contributed by atoms with E-state index in [9.17, 15) is 0 Å². The number of likely N-dealkylation sites (tertiary alicyclic amines) is 1. The number of nitrogens with zero attached hydrogens (tertiary/aromatic N) is 2. The summed E-state index contributed by atoms with van der Waals surface area (Å²) in [6.45, 7) is 17.2. The van der Waals surface area contributed by atoms with Crippen LogP contribution in [-0.2, 0) is 0 Å². The summed E-state index contributed by atoms with van der Waals surface area (Å²) < 4.78 is 0. The second-order valence-corrected chi connectivity index (χ2v) is 6.41. The first kappa shape index (κ1) is 20.0. The summed E-state index contributed by atoms with van der Waals surface area (Å²) in [6.07, 6.45) is 8.92. The molecule has 0 aromatic heterocycles. The van der Waals surface area contributed by atoms with Gasteiger partial charge in [-0.3, -0.25) is 4.90 Å². The Morgan fingerprint density at radius 1 is 1.38 bits per heavy atom. The highest BCUT2D eigenvalue weighted by molar-refractivity contribution is 8.02. The largest absolute Gasteiger partial charge is 0.299 e. The number of allylic oxidation sites excluding steroid dienone is 1. The topological polar surface area (TPSA) is 27.0 Å². The van der Waals surface area contributed by atoms with Crippen LogP contribution in [-0.4, -0.2) is 30.8 Å². The zero-order valence-corrected chi connectivity index (χ0v) is 14.9. The Morgan fingerprint density at radius 2 is 1.95 bits per heavy atom. The lowest BCUT2D eigenvalue weighted by Gasteiger charge is -2.38. The normalized spacial score (nSPS) is 18.1. The average Bonchev–Trinajstić information content (AvgIpc) is 2.49. The van der Waals surface area contributed by atoms with Crippen molar-refractivity contribution in [1.29, 1.82) is 5.26 Å². The van der Waals surface area contributed by atoms with Gasteiger partial charge in [0.25, 0.3) is 0 Å². The van der Waals surface area contributed by atoms with Crippen molar-refractivity contribution in [3.8, 4) is 6.07 Å². The summed E-state index contributed by atoms with van der Waals surface area (Å²) >= 11 is 1.69. The van der Waals surface area contributed by atoms with Gasteiger partial charge >= 0.3 is 0 Å². The van der Waals surface area contributed by atoms with Gasteiger partial charge < -0.3 is 0 Å². The summed E-state index contributed by atoms with van der Waals surface area (Å²) in [5, 5.41) is 8.85. The number of rotatable bonds is 6. The van der Waals surface area contributed by atoms with Crippen molar-refractivity contribution in [3.05, 3.63) is 35.8 Å². The highest BCUT2D eigenvalue weighted by Gasteiger charge is 2.29. The van der Waals surface area contributed by atoms with Crippen molar-refractivity contribution in [3.63, 3.8) is 0 Å². The minimum absolute atomic E-state index is 0.216. The van der Waals surface area contributed by atoms with Crippen molar-refractivity contribution in [2.75, 3.05) is 25.9 Å². The molecule has 1 rings (SSSR count). The fourth-order valence-electron chi connectivity index (χ4n) is 2.35. The van der Waals surface area contributed by atoms with E-state index in [1.807, 2.05) is 19.9 Å². The molecule has 0 unspecified atom stereocenters. The monoisotopic (exact) mass is 306 g/mol. The zero-order valence-electron chi connectivity index (χ0n) is 14.1. The van der Waals surface area contributed by atoms with Crippen LogP contribution >= 0.6 is 11.8 Å².